The molecule has 2 amide bonds. The standard InChI is InChI=1S/C18H20F2N4O3S/c1-9(27-3)17(26)24(12-7-13(19)22-14(20)8-12)18-23-15(10(2)28-18)16(25)21-11-5-4-6-11/h7-9,11H,4-6H2,1-3H3,(H,21,25). The van der Waals surface area contributed by atoms with Crippen LogP contribution in [0.2, 0.25) is 0 Å². The van der Waals surface area contributed by atoms with Crippen molar-refractivity contribution in [3.63, 3.8) is 0 Å². The Bertz CT molecular complexity index is 881. The zero-order chi connectivity index (χ0) is 20.4. The molecule has 28 heavy (non-hydrogen) atoms. The van der Waals surface area contributed by atoms with Crippen LogP contribution >= 0.6 is 11.3 Å². The van der Waals surface area contributed by atoms with E-state index in [4.69, 9.17) is 4.74 Å². The summed E-state index contributed by atoms with van der Waals surface area (Å²) < 4.78 is 32.4. The molecule has 1 atom stereocenters. The number of thiazole rings is 1. The number of aryl methyl sites for hydroxylation is 1. The fourth-order valence-corrected chi connectivity index (χ4v) is 3.62. The number of ether oxygens (including phenoxy) is 1. The number of carbonyl (C=O) groups is 2. The highest BCUT2D eigenvalue weighted by atomic mass is 32.1. The second-order valence-corrected chi connectivity index (χ2v) is 7.71. The fourth-order valence-electron chi connectivity index (χ4n) is 2.69. The molecule has 2 aromatic heterocycles. The summed E-state index contributed by atoms with van der Waals surface area (Å²) >= 11 is 1.08. The zero-order valence-corrected chi connectivity index (χ0v) is 16.5. The molecule has 2 heterocycles. The molecule has 0 radical (unpaired) electrons. The largest absolute Gasteiger partial charge is 0.372 e. The van der Waals surface area contributed by atoms with Crippen molar-refractivity contribution in [2.24, 2.45) is 0 Å². The van der Waals surface area contributed by atoms with Crippen LogP contribution in [0.25, 0.3) is 0 Å². The lowest BCUT2D eigenvalue weighted by Gasteiger charge is -2.26. The fraction of sp³-hybridized carbons (Fsp3) is 0.444. The van der Waals surface area contributed by atoms with Gasteiger partial charge in [0.2, 0.25) is 11.9 Å². The molecule has 2 aromatic rings. The molecule has 7 nitrogen and oxygen atoms in total. The minimum atomic E-state index is -1.07. The minimum absolute atomic E-state index is 0.0846. The number of methoxy groups -OCH3 is 1. The lowest BCUT2D eigenvalue weighted by molar-refractivity contribution is -0.126. The number of halogens is 2. The first-order valence-electron chi connectivity index (χ1n) is 8.78. The maximum atomic E-state index is 13.7. The molecule has 1 unspecified atom stereocenters. The summed E-state index contributed by atoms with van der Waals surface area (Å²) in [7, 11) is 1.35. The van der Waals surface area contributed by atoms with E-state index in [0.29, 0.717) is 4.88 Å². The summed E-state index contributed by atoms with van der Waals surface area (Å²) in [6.07, 6.45) is 2.03. The smallest absolute Gasteiger partial charge is 0.271 e. The van der Waals surface area contributed by atoms with Gasteiger partial charge in [0, 0.05) is 30.2 Å². The predicted molar refractivity (Wildman–Crippen MR) is 99.7 cm³/mol. The lowest BCUT2D eigenvalue weighted by Crippen LogP contribution is -2.40. The number of anilines is 2. The number of hydrogen-bond acceptors (Lipinski definition) is 6. The number of pyridine rings is 1. The van der Waals surface area contributed by atoms with E-state index in [-0.39, 0.29) is 28.5 Å². The first-order chi connectivity index (χ1) is 13.3. The molecule has 0 spiro atoms. The van der Waals surface area contributed by atoms with Crippen LogP contribution in [-0.4, -0.2) is 41.0 Å². The lowest BCUT2D eigenvalue weighted by atomic mass is 9.93. The molecule has 10 heteroatoms. The maximum Gasteiger partial charge on any atom is 0.271 e. The van der Waals surface area contributed by atoms with Crippen LogP contribution in [0, 0.1) is 18.8 Å². The number of rotatable bonds is 6. The molecule has 0 aromatic carbocycles. The summed E-state index contributed by atoms with van der Waals surface area (Å²) in [4.78, 5) is 34.3. The summed E-state index contributed by atoms with van der Waals surface area (Å²) in [6.45, 7) is 3.21. The quantitative estimate of drug-likeness (QED) is 0.740. The third-order valence-electron chi connectivity index (χ3n) is 4.56. The Hall–Kier alpha value is -2.46. The average Bonchev–Trinajstić information content (AvgIpc) is 2.97. The molecule has 0 bridgehead atoms. The van der Waals surface area contributed by atoms with E-state index in [1.165, 1.54) is 14.0 Å². The van der Waals surface area contributed by atoms with Crippen molar-refractivity contribution in [2.45, 2.75) is 45.3 Å². The van der Waals surface area contributed by atoms with Gasteiger partial charge in [0.25, 0.3) is 11.8 Å². The summed E-state index contributed by atoms with van der Waals surface area (Å²) in [5, 5.41) is 3.01. The van der Waals surface area contributed by atoms with Crippen LogP contribution in [0.1, 0.15) is 41.6 Å². The van der Waals surface area contributed by atoms with Crippen molar-refractivity contribution in [1.29, 1.82) is 0 Å². The number of nitrogens with zero attached hydrogens (tertiary/aromatic N) is 3. The van der Waals surface area contributed by atoms with E-state index in [1.807, 2.05) is 0 Å². The van der Waals surface area contributed by atoms with Crippen LogP contribution < -0.4 is 10.2 Å². The van der Waals surface area contributed by atoms with Gasteiger partial charge < -0.3 is 10.1 Å². The van der Waals surface area contributed by atoms with Crippen molar-refractivity contribution < 1.29 is 23.1 Å². The maximum absolute atomic E-state index is 13.7. The van der Waals surface area contributed by atoms with Gasteiger partial charge in [-0.3, -0.25) is 14.5 Å². The average molecular weight is 410 g/mol. The molecule has 150 valence electrons. The Morgan fingerprint density at radius 1 is 1.29 bits per heavy atom. The van der Waals surface area contributed by atoms with Gasteiger partial charge in [-0.25, -0.2) is 4.98 Å². The summed E-state index contributed by atoms with van der Waals surface area (Å²) in [6, 6.07) is 1.98. The Morgan fingerprint density at radius 2 is 1.93 bits per heavy atom. The van der Waals surface area contributed by atoms with Gasteiger partial charge in [-0.2, -0.15) is 13.8 Å². The molecule has 0 aliphatic heterocycles. The van der Waals surface area contributed by atoms with Gasteiger partial charge in [-0.1, -0.05) is 0 Å². The van der Waals surface area contributed by atoms with Gasteiger partial charge in [-0.05, 0) is 33.1 Å². The second kappa shape index (κ2) is 8.27. The highest BCUT2D eigenvalue weighted by Gasteiger charge is 2.30. The number of carbonyl (C=O) groups excluding carboxylic acids is 2. The predicted octanol–water partition coefficient (Wildman–Crippen LogP) is 3.11. The van der Waals surface area contributed by atoms with E-state index in [0.717, 1.165) is 47.6 Å². The first kappa shape index (κ1) is 20.3. The van der Waals surface area contributed by atoms with Gasteiger partial charge >= 0.3 is 0 Å². The number of hydrogen-bond donors (Lipinski definition) is 1. The molecule has 3 rings (SSSR count). The normalized spacial score (nSPS) is 15.0. The van der Waals surface area contributed by atoms with Crippen molar-refractivity contribution >= 4 is 34.0 Å². The molecule has 0 saturated heterocycles. The van der Waals surface area contributed by atoms with Gasteiger partial charge in [-0.15, -0.1) is 11.3 Å². The second-order valence-electron chi connectivity index (χ2n) is 6.52. The molecule has 1 aliphatic carbocycles. The number of amides is 2. The van der Waals surface area contributed by atoms with Crippen molar-refractivity contribution in [2.75, 3.05) is 12.0 Å². The van der Waals surface area contributed by atoms with Crippen molar-refractivity contribution in [1.82, 2.24) is 15.3 Å². The summed E-state index contributed by atoms with van der Waals surface area (Å²) in [5.41, 5.74) is 0.100. The summed E-state index contributed by atoms with van der Waals surface area (Å²) in [5.74, 6) is -3.06. The zero-order valence-electron chi connectivity index (χ0n) is 15.7. The molecule has 1 saturated carbocycles. The Labute approximate surface area is 164 Å². The number of aromatic nitrogens is 2. The van der Waals surface area contributed by atoms with Crippen LogP contribution in [0.3, 0.4) is 0 Å². The van der Waals surface area contributed by atoms with Crippen molar-refractivity contribution in [3.05, 3.63) is 34.6 Å². The van der Waals surface area contributed by atoms with E-state index < -0.39 is 23.9 Å². The molecular weight excluding hydrogens is 390 g/mol. The third kappa shape index (κ3) is 4.17. The molecular formula is C18H20F2N4O3S. The van der Waals surface area contributed by atoms with Gasteiger partial charge in [0.05, 0.1) is 5.69 Å². The van der Waals surface area contributed by atoms with Crippen LogP contribution in [0.15, 0.2) is 12.1 Å². The van der Waals surface area contributed by atoms with Gasteiger partial charge in [0.1, 0.15) is 11.8 Å². The molecule has 1 aliphatic rings. The van der Waals surface area contributed by atoms with Crippen LogP contribution in [-0.2, 0) is 9.53 Å². The van der Waals surface area contributed by atoms with E-state index in [2.05, 4.69) is 15.3 Å². The molecule has 1 N–H and O–H groups in total. The minimum Gasteiger partial charge on any atom is -0.372 e. The molecule has 1 fully saturated rings. The van der Waals surface area contributed by atoms with E-state index in [9.17, 15) is 18.4 Å². The first-order valence-corrected chi connectivity index (χ1v) is 9.60. The highest BCUT2D eigenvalue weighted by Crippen LogP contribution is 2.33. The van der Waals surface area contributed by atoms with Crippen LogP contribution in [0.4, 0.5) is 19.6 Å². The van der Waals surface area contributed by atoms with Crippen molar-refractivity contribution in [3.8, 4) is 0 Å². The topological polar surface area (TPSA) is 84.4 Å². The third-order valence-corrected chi connectivity index (χ3v) is 5.52. The Morgan fingerprint density at radius 3 is 2.46 bits per heavy atom. The van der Waals surface area contributed by atoms with Crippen LogP contribution in [0.5, 0.6) is 0 Å². The SMILES string of the molecule is COC(C)C(=O)N(c1cc(F)nc(F)c1)c1nc(C(=O)NC2CCC2)c(C)s1. The Balaban J connectivity index is 1.99. The highest BCUT2D eigenvalue weighted by molar-refractivity contribution is 7.16. The monoisotopic (exact) mass is 410 g/mol. The van der Waals surface area contributed by atoms with Gasteiger partial charge in [0.15, 0.2) is 5.13 Å². The van der Waals surface area contributed by atoms with E-state index in [1.54, 1.807) is 6.92 Å². The number of nitrogens with one attached hydrogen (secondary N) is 1. The van der Waals surface area contributed by atoms with E-state index >= 15 is 0 Å². The Kier molecular flexibility index (Phi) is 5.99.